The lowest BCUT2D eigenvalue weighted by molar-refractivity contribution is 0.0696. The number of rotatable bonds is 6. The summed E-state index contributed by atoms with van der Waals surface area (Å²) < 4.78 is 5.66. The Balaban J connectivity index is 2.18. The van der Waals surface area contributed by atoms with E-state index in [2.05, 4.69) is 23.8 Å². The van der Waals surface area contributed by atoms with Crippen LogP contribution < -0.4 is 10.5 Å². The molecule has 0 saturated heterocycles. The van der Waals surface area contributed by atoms with Crippen LogP contribution in [0.2, 0.25) is 0 Å². The predicted molar refractivity (Wildman–Crippen MR) is 88.5 cm³/mol. The minimum Gasteiger partial charge on any atom is -0.494 e. The van der Waals surface area contributed by atoms with Crippen LogP contribution in [-0.4, -0.2) is 27.7 Å². The Morgan fingerprint density at radius 3 is 2.43 bits per heavy atom. The third kappa shape index (κ3) is 4.18. The molecule has 0 aliphatic heterocycles. The van der Waals surface area contributed by atoms with Crippen molar-refractivity contribution in [2.75, 3.05) is 12.3 Å². The molecule has 1 aromatic carbocycles. The fourth-order valence-electron chi connectivity index (χ4n) is 2.10. The third-order valence-electron chi connectivity index (χ3n) is 3.41. The van der Waals surface area contributed by atoms with Crippen LogP contribution in [0, 0.1) is 12.8 Å². The van der Waals surface area contributed by atoms with Crippen molar-refractivity contribution in [1.29, 1.82) is 0 Å². The lowest BCUT2D eigenvalue weighted by atomic mass is 10.1. The predicted octanol–water partition coefficient (Wildman–Crippen LogP) is 3.16. The number of benzene rings is 1. The minimum atomic E-state index is -1.12. The van der Waals surface area contributed by atoms with Crippen LogP contribution >= 0.6 is 0 Å². The maximum absolute atomic E-state index is 11.1. The second-order valence-electron chi connectivity index (χ2n) is 5.75. The van der Waals surface area contributed by atoms with Crippen LogP contribution in [0.5, 0.6) is 5.75 Å². The Labute approximate surface area is 135 Å². The zero-order valence-electron chi connectivity index (χ0n) is 13.5. The van der Waals surface area contributed by atoms with Gasteiger partial charge in [-0.3, -0.25) is 0 Å². The molecule has 0 aliphatic rings. The Hall–Kier alpha value is -2.63. The molecule has 0 unspecified atom stereocenters. The average Bonchev–Trinajstić information content (AvgIpc) is 2.46. The highest BCUT2D eigenvalue weighted by Gasteiger charge is 2.16. The zero-order chi connectivity index (χ0) is 17.0. The molecule has 0 fully saturated rings. The first-order chi connectivity index (χ1) is 10.9. The van der Waals surface area contributed by atoms with Crippen molar-refractivity contribution in [3.63, 3.8) is 0 Å². The number of carboxylic acid groups (broad SMARTS) is 1. The van der Waals surface area contributed by atoms with E-state index in [9.17, 15) is 4.79 Å². The quantitative estimate of drug-likeness (QED) is 0.849. The lowest BCUT2D eigenvalue weighted by Crippen LogP contribution is -2.10. The number of nitrogens with zero attached hydrogens (tertiary/aromatic N) is 2. The van der Waals surface area contributed by atoms with Gasteiger partial charge in [-0.2, -0.15) is 0 Å². The van der Waals surface area contributed by atoms with E-state index >= 15 is 0 Å². The van der Waals surface area contributed by atoms with Crippen molar-refractivity contribution < 1.29 is 14.6 Å². The number of aromatic carboxylic acids is 1. The molecule has 0 aliphatic carbocycles. The molecule has 1 aromatic heterocycles. The van der Waals surface area contributed by atoms with E-state index < -0.39 is 5.97 Å². The highest BCUT2D eigenvalue weighted by molar-refractivity contribution is 5.94. The van der Waals surface area contributed by atoms with Gasteiger partial charge in [0.25, 0.3) is 0 Å². The monoisotopic (exact) mass is 315 g/mol. The Bertz CT molecular complexity index is 674. The van der Waals surface area contributed by atoms with Gasteiger partial charge in [0.15, 0.2) is 5.82 Å². The number of hydrogen-bond donors (Lipinski definition) is 2. The molecule has 6 heteroatoms. The summed E-state index contributed by atoms with van der Waals surface area (Å²) in [6, 6.07) is 7.35. The molecule has 6 nitrogen and oxygen atoms in total. The van der Waals surface area contributed by atoms with Crippen LogP contribution in [0.1, 0.15) is 36.3 Å². The zero-order valence-corrected chi connectivity index (χ0v) is 13.5. The van der Waals surface area contributed by atoms with E-state index in [1.165, 1.54) is 0 Å². The van der Waals surface area contributed by atoms with Gasteiger partial charge in [0.05, 0.1) is 12.3 Å². The van der Waals surface area contributed by atoms with Gasteiger partial charge in [0, 0.05) is 5.56 Å². The highest BCUT2D eigenvalue weighted by atomic mass is 16.5. The Morgan fingerprint density at radius 1 is 1.26 bits per heavy atom. The molecular weight excluding hydrogens is 294 g/mol. The molecule has 3 N–H and O–H groups in total. The van der Waals surface area contributed by atoms with Gasteiger partial charge in [-0.1, -0.05) is 13.8 Å². The number of aromatic nitrogens is 2. The second kappa shape index (κ2) is 7.09. The average molecular weight is 315 g/mol. The van der Waals surface area contributed by atoms with Crippen LogP contribution in [0.25, 0.3) is 11.4 Å². The van der Waals surface area contributed by atoms with Crippen molar-refractivity contribution in [2.24, 2.45) is 5.92 Å². The minimum absolute atomic E-state index is 0.0303. The van der Waals surface area contributed by atoms with Gasteiger partial charge < -0.3 is 15.6 Å². The smallest absolute Gasteiger partial charge is 0.341 e. The molecule has 0 amide bonds. The molecule has 2 rings (SSSR count). The molecule has 23 heavy (non-hydrogen) atoms. The van der Waals surface area contributed by atoms with E-state index in [0.717, 1.165) is 17.7 Å². The largest absolute Gasteiger partial charge is 0.494 e. The van der Waals surface area contributed by atoms with E-state index in [1.807, 2.05) is 24.3 Å². The maximum atomic E-state index is 11.1. The normalized spacial score (nSPS) is 10.8. The molecule has 2 aromatic rings. The van der Waals surface area contributed by atoms with Crippen molar-refractivity contribution in [2.45, 2.75) is 27.2 Å². The van der Waals surface area contributed by atoms with E-state index in [-0.39, 0.29) is 11.4 Å². The molecule has 0 saturated carbocycles. The molecule has 0 atom stereocenters. The number of nitrogens with two attached hydrogens (primary N) is 1. The summed E-state index contributed by atoms with van der Waals surface area (Å²) in [7, 11) is 0. The van der Waals surface area contributed by atoms with Crippen LogP contribution in [-0.2, 0) is 0 Å². The number of carbonyl (C=O) groups is 1. The summed E-state index contributed by atoms with van der Waals surface area (Å²) in [5.74, 6) is 0.624. The first-order valence-electron chi connectivity index (χ1n) is 7.49. The number of ether oxygens (including phenoxy) is 1. The molecule has 0 bridgehead atoms. The number of aryl methyl sites for hydroxylation is 1. The van der Waals surface area contributed by atoms with Gasteiger partial charge in [-0.05, 0) is 43.5 Å². The van der Waals surface area contributed by atoms with E-state index in [0.29, 0.717) is 24.0 Å². The first kappa shape index (κ1) is 16.7. The third-order valence-corrected chi connectivity index (χ3v) is 3.41. The highest BCUT2D eigenvalue weighted by Crippen LogP contribution is 2.23. The van der Waals surface area contributed by atoms with Gasteiger partial charge in [-0.15, -0.1) is 0 Å². The molecule has 0 radical (unpaired) electrons. The van der Waals surface area contributed by atoms with Crippen molar-refractivity contribution in [3.05, 3.63) is 35.5 Å². The van der Waals surface area contributed by atoms with Gasteiger partial charge in [-0.25, -0.2) is 14.8 Å². The van der Waals surface area contributed by atoms with Crippen LogP contribution in [0.4, 0.5) is 5.82 Å². The molecule has 122 valence electrons. The molecule has 0 spiro atoms. The summed E-state index contributed by atoms with van der Waals surface area (Å²) in [4.78, 5) is 19.4. The summed E-state index contributed by atoms with van der Waals surface area (Å²) in [6.45, 7) is 6.58. The summed E-state index contributed by atoms with van der Waals surface area (Å²) >= 11 is 0. The number of hydrogen-bond acceptors (Lipinski definition) is 5. The maximum Gasteiger partial charge on any atom is 0.341 e. The van der Waals surface area contributed by atoms with Crippen molar-refractivity contribution in [3.8, 4) is 17.1 Å². The number of nitrogen functional groups attached to an aromatic ring is 1. The standard InChI is InChI=1S/C17H21N3O3/c1-10(2)8-9-23-13-6-4-12(5-7-13)16-19-11(3)14(17(21)22)15(18)20-16/h4-7,10H,8-9H2,1-3H3,(H,21,22)(H2,18,19,20). The summed E-state index contributed by atoms with van der Waals surface area (Å²) in [5.41, 5.74) is 6.78. The SMILES string of the molecule is Cc1nc(-c2ccc(OCCC(C)C)cc2)nc(N)c1C(=O)O. The van der Waals surface area contributed by atoms with Gasteiger partial charge >= 0.3 is 5.97 Å². The van der Waals surface area contributed by atoms with E-state index in [1.54, 1.807) is 6.92 Å². The molecule has 1 heterocycles. The Kier molecular flexibility index (Phi) is 5.16. The van der Waals surface area contributed by atoms with E-state index in [4.69, 9.17) is 15.6 Å². The van der Waals surface area contributed by atoms with Crippen molar-refractivity contribution in [1.82, 2.24) is 9.97 Å². The number of anilines is 1. The molecular formula is C17H21N3O3. The summed E-state index contributed by atoms with van der Waals surface area (Å²) in [5, 5.41) is 9.09. The Morgan fingerprint density at radius 2 is 1.91 bits per heavy atom. The topological polar surface area (TPSA) is 98.3 Å². The first-order valence-corrected chi connectivity index (χ1v) is 7.49. The fraction of sp³-hybridized carbons (Fsp3) is 0.353. The fourth-order valence-corrected chi connectivity index (χ4v) is 2.10. The van der Waals surface area contributed by atoms with Gasteiger partial charge in [0.2, 0.25) is 0 Å². The van der Waals surface area contributed by atoms with Crippen LogP contribution in [0.3, 0.4) is 0 Å². The second-order valence-corrected chi connectivity index (χ2v) is 5.75. The summed E-state index contributed by atoms with van der Waals surface area (Å²) in [6.07, 6.45) is 0.997. The van der Waals surface area contributed by atoms with Gasteiger partial charge in [0.1, 0.15) is 17.1 Å². The number of carboxylic acids is 1. The lowest BCUT2D eigenvalue weighted by Gasteiger charge is -2.10. The van der Waals surface area contributed by atoms with Crippen molar-refractivity contribution >= 4 is 11.8 Å². The van der Waals surface area contributed by atoms with Crippen LogP contribution in [0.15, 0.2) is 24.3 Å².